The van der Waals surface area contributed by atoms with Gasteiger partial charge in [0.25, 0.3) is 0 Å². The van der Waals surface area contributed by atoms with E-state index in [1.54, 1.807) is 6.07 Å². The molecule has 0 aliphatic carbocycles. The van der Waals surface area contributed by atoms with Crippen LogP contribution in [0.15, 0.2) is 66.7 Å². The summed E-state index contributed by atoms with van der Waals surface area (Å²) in [6.07, 6.45) is 6.24. The molecular formula is C27H31F. The molecule has 0 nitrogen and oxygen atoms in total. The highest BCUT2D eigenvalue weighted by atomic mass is 19.1. The van der Waals surface area contributed by atoms with E-state index in [0.717, 1.165) is 29.0 Å². The summed E-state index contributed by atoms with van der Waals surface area (Å²) in [6, 6.07) is 22.1. The summed E-state index contributed by atoms with van der Waals surface area (Å²) >= 11 is 0. The van der Waals surface area contributed by atoms with Gasteiger partial charge in [-0.05, 0) is 54.0 Å². The van der Waals surface area contributed by atoms with E-state index in [-0.39, 0.29) is 5.82 Å². The average Bonchev–Trinajstić information content (AvgIpc) is 2.69. The van der Waals surface area contributed by atoms with Crippen LogP contribution in [0, 0.1) is 18.7 Å². The number of hydrogen-bond acceptors (Lipinski definition) is 0. The second-order valence-corrected chi connectivity index (χ2v) is 8.04. The molecule has 28 heavy (non-hydrogen) atoms. The van der Waals surface area contributed by atoms with Crippen molar-refractivity contribution < 1.29 is 4.39 Å². The van der Waals surface area contributed by atoms with Crippen LogP contribution in [0.4, 0.5) is 4.39 Å². The summed E-state index contributed by atoms with van der Waals surface area (Å²) < 4.78 is 14.7. The number of aryl methyl sites for hydroxylation is 2. The molecular weight excluding hydrogens is 343 g/mol. The van der Waals surface area contributed by atoms with Crippen LogP contribution in [-0.4, -0.2) is 0 Å². The highest BCUT2D eigenvalue weighted by molar-refractivity contribution is 5.71. The highest BCUT2D eigenvalue weighted by Crippen LogP contribution is 2.28. The van der Waals surface area contributed by atoms with Gasteiger partial charge in [-0.25, -0.2) is 4.39 Å². The Bertz CT molecular complexity index is 875. The predicted molar refractivity (Wildman–Crippen MR) is 119 cm³/mol. The smallest absolute Gasteiger partial charge is 0.131 e. The van der Waals surface area contributed by atoms with Gasteiger partial charge in [0.1, 0.15) is 5.82 Å². The van der Waals surface area contributed by atoms with Gasteiger partial charge in [-0.15, -0.1) is 0 Å². The van der Waals surface area contributed by atoms with Crippen LogP contribution in [0.1, 0.15) is 50.7 Å². The maximum absolute atomic E-state index is 14.7. The SMILES string of the molecule is CCCC(C)CCCc1ccc(-c2ccc(-c3ccc(C)cc3)c(F)c2)cc1. The van der Waals surface area contributed by atoms with Gasteiger partial charge in [-0.2, -0.15) is 0 Å². The van der Waals surface area contributed by atoms with Crippen molar-refractivity contribution in [3.05, 3.63) is 83.7 Å². The molecule has 0 bridgehead atoms. The van der Waals surface area contributed by atoms with Crippen LogP contribution in [0.3, 0.4) is 0 Å². The summed E-state index contributed by atoms with van der Waals surface area (Å²) in [5, 5.41) is 0. The number of hydrogen-bond donors (Lipinski definition) is 0. The molecule has 0 aliphatic rings. The zero-order valence-electron chi connectivity index (χ0n) is 17.3. The van der Waals surface area contributed by atoms with Crippen molar-refractivity contribution in [2.45, 2.75) is 52.9 Å². The van der Waals surface area contributed by atoms with Crippen molar-refractivity contribution in [3.8, 4) is 22.3 Å². The highest BCUT2D eigenvalue weighted by Gasteiger charge is 2.08. The first-order valence-corrected chi connectivity index (χ1v) is 10.5. The molecule has 0 saturated carbocycles. The minimum Gasteiger partial charge on any atom is -0.206 e. The van der Waals surface area contributed by atoms with Crippen molar-refractivity contribution in [3.63, 3.8) is 0 Å². The van der Waals surface area contributed by atoms with E-state index in [1.807, 2.05) is 43.3 Å². The lowest BCUT2D eigenvalue weighted by Crippen LogP contribution is -1.95. The molecule has 1 heteroatoms. The van der Waals surface area contributed by atoms with E-state index in [0.29, 0.717) is 5.56 Å². The molecule has 3 aromatic carbocycles. The standard InChI is InChI=1S/C27H31F/c1-4-6-20(2)7-5-8-22-11-15-23(16-12-22)25-17-18-26(27(28)19-25)24-13-9-21(3)10-14-24/h9-20H,4-8H2,1-3H3. The Morgan fingerprint density at radius 2 is 1.43 bits per heavy atom. The largest absolute Gasteiger partial charge is 0.206 e. The Morgan fingerprint density at radius 1 is 0.786 bits per heavy atom. The summed E-state index contributed by atoms with van der Waals surface area (Å²) in [6.45, 7) is 6.64. The topological polar surface area (TPSA) is 0 Å². The van der Waals surface area contributed by atoms with E-state index in [2.05, 4.69) is 38.1 Å². The third-order valence-corrected chi connectivity index (χ3v) is 5.56. The quantitative estimate of drug-likeness (QED) is 0.372. The monoisotopic (exact) mass is 374 g/mol. The van der Waals surface area contributed by atoms with E-state index < -0.39 is 0 Å². The summed E-state index contributed by atoms with van der Waals surface area (Å²) in [5.41, 5.74) is 6.11. The second kappa shape index (κ2) is 9.68. The third kappa shape index (κ3) is 5.32. The van der Waals surface area contributed by atoms with Crippen molar-refractivity contribution in [2.24, 2.45) is 5.92 Å². The van der Waals surface area contributed by atoms with E-state index in [1.165, 1.54) is 36.8 Å². The third-order valence-electron chi connectivity index (χ3n) is 5.56. The fourth-order valence-corrected chi connectivity index (χ4v) is 3.82. The Labute approximate surface area is 169 Å². The molecule has 0 saturated heterocycles. The van der Waals surface area contributed by atoms with Gasteiger partial charge in [0, 0.05) is 5.56 Å². The number of halogens is 1. The molecule has 0 radical (unpaired) electrons. The Balaban J connectivity index is 1.67. The molecule has 3 aromatic rings. The van der Waals surface area contributed by atoms with Crippen LogP contribution >= 0.6 is 0 Å². The average molecular weight is 375 g/mol. The molecule has 1 atom stereocenters. The lowest BCUT2D eigenvalue weighted by molar-refractivity contribution is 0.469. The zero-order valence-corrected chi connectivity index (χ0v) is 17.3. The fraction of sp³-hybridized carbons (Fsp3) is 0.333. The molecule has 3 rings (SSSR count). The molecule has 0 amide bonds. The van der Waals surface area contributed by atoms with Gasteiger partial charge < -0.3 is 0 Å². The summed E-state index contributed by atoms with van der Waals surface area (Å²) in [4.78, 5) is 0. The first-order chi connectivity index (χ1) is 13.6. The van der Waals surface area contributed by atoms with Gasteiger partial charge in [-0.1, -0.05) is 99.3 Å². The Hall–Kier alpha value is -2.41. The minimum atomic E-state index is -0.171. The Kier molecular flexibility index (Phi) is 7.03. The van der Waals surface area contributed by atoms with Crippen molar-refractivity contribution in [1.82, 2.24) is 0 Å². The molecule has 0 N–H and O–H groups in total. The van der Waals surface area contributed by atoms with Gasteiger partial charge >= 0.3 is 0 Å². The maximum atomic E-state index is 14.7. The molecule has 146 valence electrons. The van der Waals surface area contributed by atoms with E-state index in [9.17, 15) is 4.39 Å². The second-order valence-electron chi connectivity index (χ2n) is 8.04. The lowest BCUT2D eigenvalue weighted by atomic mass is 9.96. The van der Waals surface area contributed by atoms with Gasteiger partial charge in [0.15, 0.2) is 0 Å². The minimum absolute atomic E-state index is 0.171. The summed E-state index contributed by atoms with van der Waals surface area (Å²) in [5.74, 6) is 0.648. The molecule has 0 aliphatic heterocycles. The predicted octanol–water partition coefficient (Wildman–Crippen LogP) is 8.23. The normalized spacial score (nSPS) is 12.1. The molecule has 0 heterocycles. The van der Waals surface area contributed by atoms with Crippen molar-refractivity contribution >= 4 is 0 Å². The zero-order chi connectivity index (χ0) is 19.9. The van der Waals surface area contributed by atoms with Crippen molar-refractivity contribution in [2.75, 3.05) is 0 Å². The number of rotatable bonds is 8. The van der Waals surface area contributed by atoms with Crippen LogP contribution in [0.25, 0.3) is 22.3 Å². The lowest BCUT2D eigenvalue weighted by Gasteiger charge is -2.10. The number of benzene rings is 3. The van der Waals surface area contributed by atoms with Gasteiger partial charge in [0.2, 0.25) is 0 Å². The fourth-order valence-electron chi connectivity index (χ4n) is 3.82. The van der Waals surface area contributed by atoms with E-state index in [4.69, 9.17) is 0 Å². The van der Waals surface area contributed by atoms with Crippen LogP contribution in [-0.2, 0) is 6.42 Å². The molecule has 0 spiro atoms. The van der Waals surface area contributed by atoms with Crippen LogP contribution in [0.2, 0.25) is 0 Å². The molecule has 1 unspecified atom stereocenters. The van der Waals surface area contributed by atoms with E-state index >= 15 is 0 Å². The first-order valence-electron chi connectivity index (χ1n) is 10.5. The first kappa shape index (κ1) is 20.3. The summed E-state index contributed by atoms with van der Waals surface area (Å²) in [7, 11) is 0. The van der Waals surface area contributed by atoms with Crippen LogP contribution in [0.5, 0.6) is 0 Å². The van der Waals surface area contributed by atoms with Gasteiger partial charge in [0.05, 0.1) is 0 Å². The van der Waals surface area contributed by atoms with Gasteiger partial charge in [-0.3, -0.25) is 0 Å². The maximum Gasteiger partial charge on any atom is 0.131 e. The van der Waals surface area contributed by atoms with Crippen LogP contribution < -0.4 is 0 Å². The van der Waals surface area contributed by atoms with Crippen molar-refractivity contribution in [1.29, 1.82) is 0 Å². The Morgan fingerprint density at radius 3 is 2.07 bits per heavy atom. The molecule has 0 aromatic heterocycles. The molecule has 0 fully saturated rings.